The van der Waals surface area contributed by atoms with Gasteiger partial charge < -0.3 is 14.8 Å². The first kappa shape index (κ1) is 17.2. The molecule has 0 radical (unpaired) electrons. The number of nitrogens with zero attached hydrogens (tertiary/aromatic N) is 2. The Morgan fingerprint density at radius 3 is 2.60 bits per heavy atom. The molecular weight excluding hydrogens is 318 g/mol. The van der Waals surface area contributed by atoms with Crippen molar-refractivity contribution in [3.05, 3.63) is 48.3 Å². The van der Waals surface area contributed by atoms with Gasteiger partial charge in [0.05, 0.1) is 12.2 Å². The second kappa shape index (κ2) is 8.46. The van der Waals surface area contributed by atoms with E-state index in [1.807, 2.05) is 25.1 Å². The molecule has 2 aromatic rings. The number of nitrogens with one attached hydrogen (secondary N) is 1. The summed E-state index contributed by atoms with van der Waals surface area (Å²) in [6.45, 7) is 2.46. The average Bonchev–Trinajstić information content (AvgIpc) is 2.65. The molecule has 1 fully saturated rings. The third-order valence-corrected chi connectivity index (χ3v) is 4.23. The summed E-state index contributed by atoms with van der Waals surface area (Å²) in [4.78, 5) is 20.6. The van der Waals surface area contributed by atoms with Crippen LogP contribution in [0.2, 0.25) is 0 Å². The maximum absolute atomic E-state index is 12.3. The molecule has 0 aromatic carbocycles. The van der Waals surface area contributed by atoms with Gasteiger partial charge in [0.1, 0.15) is 6.10 Å². The summed E-state index contributed by atoms with van der Waals surface area (Å²) in [5.41, 5.74) is 0.551. The van der Waals surface area contributed by atoms with Crippen molar-refractivity contribution in [2.24, 2.45) is 0 Å². The standard InChI is InChI=1S/C19H23N3O3/c1-2-24-17-11-6-14(13-21-17)19(23)22-15-7-9-16(10-8-15)25-18-5-3-4-12-20-18/h3-6,11-13,15-16H,2,7-10H2,1H3,(H,22,23). The van der Waals surface area contributed by atoms with Gasteiger partial charge in [-0.3, -0.25) is 4.79 Å². The van der Waals surface area contributed by atoms with Crippen LogP contribution in [0.15, 0.2) is 42.7 Å². The van der Waals surface area contributed by atoms with Crippen molar-refractivity contribution in [3.8, 4) is 11.8 Å². The molecule has 1 aliphatic rings. The van der Waals surface area contributed by atoms with Crippen molar-refractivity contribution in [1.82, 2.24) is 15.3 Å². The van der Waals surface area contributed by atoms with Gasteiger partial charge in [0.25, 0.3) is 5.91 Å². The number of carbonyl (C=O) groups excluding carboxylic acids is 1. The third kappa shape index (κ3) is 4.92. The van der Waals surface area contributed by atoms with Crippen LogP contribution < -0.4 is 14.8 Å². The second-order valence-corrected chi connectivity index (χ2v) is 6.05. The molecule has 25 heavy (non-hydrogen) atoms. The van der Waals surface area contributed by atoms with Gasteiger partial charge in [-0.05, 0) is 44.7 Å². The number of rotatable bonds is 6. The lowest BCUT2D eigenvalue weighted by molar-refractivity contribution is 0.0889. The molecular formula is C19H23N3O3. The smallest absolute Gasteiger partial charge is 0.253 e. The Labute approximate surface area is 147 Å². The number of ether oxygens (including phenoxy) is 2. The van der Waals surface area contributed by atoms with Gasteiger partial charge >= 0.3 is 0 Å². The number of carbonyl (C=O) groups is 1. The van der Waals surface area contributed by atoms with Gasteiger partial charge in [-0.1, -0.05) is 6.07 Å². The highest BCUT2D eigenvalue weighted by Crippen LogP contribution is 2.23. The van der Waals surface area contributed by atoms with Crippen LogP contribution >= 0.6 is 0 Å². The average molecular weight is 341 g/mol. The highest BCUT2D eigenvalue weighted by atomic mass is 16.5. The van der Waals surface area contributed by atoms with E-state index in [4.69, 9.17) is 9.47 Å². The molecule has 2 aromatic heterocycles. The van der Waals surface area contributed by atoms with Crippen LogP contribution in [0.1, 0.15) is 43.0 Å². The molecule has 0 spiro atoms. The van der Waals surface area contributed by atoms with E-state index < -0.39 is 0 Å². The highest BCUT2D eigenvalue weighted by molar-refractivity contribution is 5.94. The number of pyridine rings is 2. The fraction of sp³-hybridized carbons (Fsp3) is 0.421. The van der Waals surface area contributed by atoms with Crippen molar-refractivity contribution in [2.75, 3.05) is 6.61 Å². The van der Waals surface area contributed by atoms with Crippen molar-refractivity contribution < 1.29 is 14.3 Å². The van der Waals surface area contributed by atoms with Crippen LogP contribution in [0.3, 0.4) is 0 Å². The summed E-state index contributed by atoms with van der Waals surface area (Å²) < 4.78 is 11.2. The molecule has 0 bridgehead atoms. The summed E-state index contributed by atoms with van der Waals surface area (Å²) in [7, 11) is 0. The van der Waals surface area contributed by atoms with Gasteiger partial charge in [0, 0.05) is 30.6 Å². The summed E-state index contributed by atoms with van der Waals surface area (Å²) in [5, 5.41) is 3.08. The molecule has 0 unspecified atom stereocenters. The minimum absolute atomic E-state index is 0.0929. The fourth-order valence-corrected chi connectivity index (χ4v) is 2.93. The van der Waals surface area contributed by atoms with Gasteiger partial charge in [0.2, 0.25) is 11.8 Å². The Morgan fingerprint density at radius 1 is 1.12 bits per heavy atom. The van der Waals surface area contributed by atoms with E-state index in [1.54, 1.807) is 24.5 Å². The SMILES string of the molecule is CCOc1ccc(C(=O)NC2CCC(Oc3ccccn3)CC2)cn1. The lowest BCUT2D eigenvalue weighted by Gasteiger charge is -2.29. The first-order valence-corrected chi connectivity index (χ1v) is 8.72. The number of hydrogen-bond acceptors (Lipinski definition) is 5. The molecule has 132 valence electrons. The molecule has 6 nitrogen and oxygen atoms in total. The van der Waals surface area contributed by atoms with Gasteiger partial charge in [0.15, 0.2) is 0 Å². The zero-order chi connectivity index (χ0) is 17.5. The Morgan fingerprint density at radius 2 is 1.96 bits per heavy atom. The quantitative estimate of drug-likeness (QED) is 0.874. The lowest BCUT2D eigenvalue weighted by Crippen LogP contribution is -2.39. The lowest BCUT2D eigenvalue weighted by atomic mass is 9.92. The predicted molar refractivity (Wildman–Crippen MR) is 93.8 cm³/mol. The molecule has 2 heterocycles. The van der Waals surface area contributed by atoms with E-state index >= 15 is 0 Å². The Balaban J connectivity index is 1.46. The fourth-order valence-electron chi connectivity index (χ4n) is 2.93. The number of hydrogen-bond donors (Lipinski definition) is 1. The van der Waals surface area contributed by atoms with Crippen LogP contribution in [0.25, 0.3) is 0 Å². The van der Waals surface area contributed by atoms with Crippen LogP contribution in [0.5, 0.6) is 11.8 Å². The first-order chi connectivity index (χ1) is 12.2. The molecule has 1 aliphatic carbocycles. The zero-order valence-electron chi connectivity index (χ0n) is 14.4. The minimum atomic E-state index is -0.0929. The van der Waals surface area contributed by atoms with E-state index in [0.717, 1.165) is 25.7 Å². The highest BCUT2D eigenvalue weighted by Gasteiger charge is 2.24. The summed E-state index contributed by atoms with van der Waals surface area (Å²) in [6.07, 6.45) is 7.05. The first-order valence-electron chi connectivity index (χ1n) is 8.72. The largest absolute Gasteiger partial charge is 0.478 e. The third-order valence-electron chi connectivity index (χ3n) is 4.23. The monoisotopic (exact) mass is 341 g/mol. The van der Waals surface area contributed by atoms with Crippen molar-refractivity contribution in [2.45, 2.75) is 44.8 Å². The molecule has 6 heteroatoms. The maximum Gasteiger partial charge on any atom is 0.253 e. The van der Waals surface area contributed by atoms with Crippen molar-refractivity contribution >= 4 is 5.91 Å². The van der Waals surface area contributed by atoms with Crippen LogP contribution in [0.4, 0.5) is 0 Å². The van der Waals surface area contributed by atoms with Crippen LogP contribution in [0, 0.1) is 0 Å². The molecule has 1 amide bonds. The Kier molecular flexibility index (Phi) is 5.82. The minimum Gasteiger partial charge on any atom is -0.478 e. The number of amides is 1. The van der Waals surface area contributed by atoms with E-state index in [1.165, 1.54) is 0 Å². The number of aromatic nitrogens is 2. The molecule has 0 atom stereocenters. The van der Waals surface area contributed by atoms with E-state index in [0.29, 0.717) is 23.9 Å². The Hall–Kier alpha value is -2.63. The second-order valence-electron chi connectivity index (χ2n) is 6.05. The van der Waals surface area contributed by atoms with E-state index in [9.17, 15) is 4.79 Å². The van der Waals surface area contributed by atoms with E-state index in [2.05, 4.69) is 15.3 Å². The van der Waals surface area contributed by atoms with Crippen molar-refractivity contribution in [1.29, 1.82) is 0 Å². The molecule has 1 saturated carbocycles. The van der Waals surface area contributed by atoms with E-state index in [-0.39, 0.29) is 18.1 Å². The van der Waals surface area contributed by atoms with Crippen LogP contribution in [-0.2, 0) is 0 Å². The summed E-state index contributed by atoms with van der Waals surface area (Å²) in [6, 6.07) is 9.28. The predicted octanol–water partition coefficient (Wildman–Crippen LogP) is 3.00. The molecule has 0 saturated heterocycles. The summed E-state index contributed by atoms with van der Waals surface area (Å²) in [5.74, 6) is 1.10. The molecule has 0 aliphatic heterocycles. The molecule has 1 N–H and O–H groups in total. The van der Waals surface area contributed by atoms with Crippen LogP contribution in [-0.4, -0.2) is 34.6 Å². The maximum atomic E-state index is 12.3. The zero-order valence-corrected chi connectivity index (χ0v) is 14.4. The van der Waals surface area contributed by atoms with Crippen molar-refractivity contribution in [3.63, 3.8) is 0 Å². The topological polar surface area (TPSA) is 73.3 Å². The normalized spacial score (nSPS) is 19.9. The van der Waals surface area contributed by atoms with Gasteiger partial charge in [-0.25, -0.2) is 9.97 Å². The van der Waals surface area contributed by atoms with Gasteiger partial charge in [-0.2, -0.15) is 0 Å². The van der Waals surface area contributed by atoms with Gasteiger partial charge in [-0.15, -0.1) is 0 Å². The molecule has 3 rings (SSSR count). The Bertz CT molecular complexity index is 668. The summed E-state index contributed by atoms with van der Waals surface area (Å²) >= 11 is 0.